The first-order valence-corrected chi connectivity index (χ1v) is 13.8. The monoisotopic (exact) mass is 521 g/mol. The molecule has 1 aliphatic carbocycles. The Hall–Kier alpha value is -2.42. The van der Waals surface area contributed by atoms with Gasteiger partial charge in [-0.1, -0.05) is 68.1 Å². The summed E-state index contributed by atoms with van der Waals surface area (Å²) in [7, 11) is -4.05. The van der Waals surface area contributed by atoms with Crippen LogP contribution in [0.2, 0.25) is 5.02 Å². The van der Waals surface area contributed by atoms with E-state index >= 15 is 0 Å². The van der Waals surface area contributed by atoms with E-state index in [1.54, 1.807) is 30.3 Å². The molecule has 0 amide bonds. The van der Waals surface area contributed by atoms with Crippen molar-refractivity contribution in [2.45, 2.75) is 63.3 Å². The summed E-state index contributed by atoms with van der Waals surface area (Å²) in [5, 5.41) is 0.259. The van der Waals surface area contributed by atoms with Crippen LogP contribution in [-0.2, 0) is 29.1 Å². The Morgan fingerprint density at radius 1 is 0.943 bits per heavy atom. The number of rotatable bonds is 11. The molecule has 0 aliphatic heterocycles. The minimum Gasteiger partial charge on any atom is -0.465 e. The molecule has 0 spiro atoms. The van der Waals surface area contributed by atoms with Gasteiger partial charge in [0.25, 0.3) is 0 Å². The van der Waals surface area contributed by atoms with Gasteiger partial charge in [0.15, 0.2) is 0 Å². The maximum Gasteiger partial charge on any atom is 0.314 e. The van der Waals surface area contributed by atoms with E-state index < -0.39 is 39.8 Å². The van der Waals surface area contributed by atoms with Gasteiger partial charge in [-0.2, -0.15) is 0 Å². The molecule has 0 unspecified atom stereocenters. The zero-order chi connectivity index (χ0) is 25.6. The number of hydrogen-bond acceptors (Lipinski definition) is 6. The van der Waals surface area contributed by atoms with Crippen molar-refractivity contribution < 1.29 is 27.5 Å². The lowest BCUT2D eigenvalue weighted by Crippen LogP contribution is -2.38. The molecular formula is C26H32ClNO6S. The van der Waals surface area contributed by atoms with Crippen LogP contribution < -0.4 is 4.72 Å². The van der Waals surface area contributed by atoms with Crippen LogP contribution >= 0.6 is 11.6 Å². The van der Waals surface area contributed by atoms with Gasteiger partial charge in [-0.15, -0.1) is 0 Å². The fraction of sp³-hybridized carbons (Fsp3) is 0.462. The topological polar surface area (TPSA) is 98.8 Å². The van der Waals surface area contributed by atoms with E-state index in [0.717, 1.165) is 18.4 Å². The average molecular weight is 522 g/mol. The molecule has 2 aromatic carbocycles. The van der Waals surface area contributed by atoms with Crippen LogP contribution in [0.4, 0.5) is 0 Å². The number of sulfonamides is 1. The summed E-state index contributed by atoms with van der Waals surface area (Å²) in [5.74, 6) is -3.47. The third-order valence-corrected chi connectivity index (χ3v) is 7.86. The van der Waals surface area contributed by atoms with Gasteiger partial charge < -0.3 is 9.47 Å². The van der Waals surface area contributed by atoms with Crippen molar-refractivity contribution in [1.82, 2.24) is 4.72 Å². The van der Waals surface area contributed by atoms with Crippen LogP contribution in [0.15, 0.2) is 47.4 Å². The average Bonchev–Trinajstić information content (AvgIpc) is 3.14. The highest BCUT2D eigenvalue weighted by Crippen LogP contribution is 2.49. The van der Waals surface area contributed by atoms with E-state index in [4.69, 9.17) is 21.1 Å². The molecule has 0 aromatic heterocycles. The standard InChI is InChI=1S/C26H32ClNO6S/c1-4-6-15-33-25(29)22-19-9-8-10-20(27)21(19)24(23(22)26(30)34-16-7-5-2)28-35(31,32)18-13-11-17(3)12-14-18/h8-14,22-24,28H,4-7,15-16H2,1-3H3/t22-,23+,24+/m0/s1. The van der Waals surface area contributed by atoms with Gasteiger partial charge in [-0.05, 0) is 49.1 Å². The molecule has 9 heteroatoms. The molecule has 190 valence electrons. The number of carbonyl (C=O) groups excluding carboxylic acids is 2. The number of ether oxygens (including phenoxy) is 2. The van der Waals surface area contributed by atoms with Crippen molar-refractivity contribution in [1.29, 1.82) is 0 Å². The molecule has 0 heterocycles. The smallest absolute Gasteiger partial charge is 0.314 e. The Bertz CT molecular complexity index is 1150. The van der Waals surface area contributed by atoms with Gasteiger partial charge in [0, 0.05) is 5.02 Å². The highest BCUT2D eigenvalue weighted by molar-refractivity contribution is 7.89. The van der Waals surface area contributed by atoms with Gasteiger partial charge in [-0.3, -0.25) is 9.59 Å². The number of nitrogens with one attached hydrogen (secondary N) is 1. The summed E-state index contributed by atoms with van der Waals surface area (Å²) in [6.45, 7) is 6.17. The van der Waals surface area contributed by atoms with Gasteiger partial charge in [0.2, 0.25) is 10.0 Å². The number of benzene rings is 2. The van der Waals surface area contributed by atoms with Crippen molar-refractivity contribution in [3.8, 4) is 0 Å². The van der Waals surface area contributed by atoms with Gasteiger partial charge >= 0.3 is 11.9 Å². The number of hydrogen-bond donors (Lipinski definition) is 1. The van der Waals surface area contributed by atoms with E-state index in [-0.39, 0.29) is 23.1 Å². The molecule has 0 radical (unpaired) electrons. The van der Waals surface area contributed by atoms with Crippen LogP contribution in [0.5, 0.6) is 0 Å². The summed E-state index contributed by atoms with van der Waals surface area (Å²) in [6.07, 6.45) is 2.98. The number of fused-ring (bicyclic) bond motifs is 1. The van der Waals surface area contributed by atoms with E-state index in [1.807, 2.05) is 20.8 Å². The van der Waals surface area contributed by atoms with Crippen LogP contribution in [0.3, 0.4) is 0 Å². The molecule has 0 saturated carbocycles. The molecule has 0 bridgehead atoms. The van der Waals surface area contributed by atoms with Crippen molar-refractivity contribution >= 4 is 33.6 Å². The number of carbonyl (C=O) groups is 2. The molecule has 0 fully saturated rings. The third kappa shape index (κ3) is 6.23. The van der Waals surface area contributed by atoms with E-state index in [2.05, 4.69) is 4.72 Å². The van der Waals surface area contributed by atoms with Crippen molar-refractivity contribution in [2.24, 2.45) is 5.92 Å². The van der Waals surface area contributed by atoms with Crippen molar-refractivity contribution in [2.75, 3.05) is 13.2 Å². The molecule has 7 nitrogen and oxygen atoms in total. The highest BCUT2D eigenvalue weighted by Gasteiger charge is 2.52. The molecule has 3 rings (SSSR count). The summed E-state index contributed by atoms with van der Waals surface area (Å²) in [4.78, 5) is 26.6. The minimum atomic E-state index is -4.05. The zero-order valence-corrected chi connectivity index (χ0v) is 21.8. The van der Waals surface area contributed by atoms with Crippen LogP contribution in [-0.4, -0.2) is 33.6 Å². The number of unbranched alkanes of at least 4 members (excludes halogenated alkanes) is 2. The van der Waals surface area contributed by atoms with Crippen LogP contribution in [0.25, 0.3) is 0 Å². The second kappa shape index (κ2) is 12.0. The van der Waals surface area contributed by atoms with Crippen molar-refractivity contribution in [3.05, 3.63) is 64.2 Å². The SMILES string of the molecule is CCCCOC(=O)[C@H]1[C@H](NS(=O)(=O)c2ccc(C)cc2)c2c(Cl)cccc2[C@@H]1C(=O)OCCCC. The molecule has 35 heavy (non-hydrogen) atoms. The van der Waals surface area contributed by atoms with E-state index in [0.29, 0.717) is 24.0 Å². The van der Waals surface area contributed by atoms with Gasteiger partial charge in [-0.25, -0.2) is 13.1 Å². The first kappa shape index (κ1) is 27.2. The summed E-state index contributed by atoms with van der Waals surface area (Å²) >= 11 is 6.51. The first-order chi connectivity index (χ1) is 16.7. The lowest BCUT2D eigenvalue weighted by molar-refractivity contribution is -0.157. The predicted octanol–water partition coefficient (Wildman–Crippen LogP) is 5.07. The quantitative estimate of drug-likeness (QED) is 0.327. The third-order valence-electron chi connectivity index (χ3n) is 6.07. The normalized spacial score (nSPS) is 19.3. The second-order valence-corrected chi connectivity index (χ2v) is 10.8. The Morgan fingerprint density at radius 3 is 2.14 bits per heavy atom. The van der Waals surface area contributed by atoms with Crippen LogP contribution in [0, 0.1) is 12.8 Å². The number of esters is 2. The molecular weight excluding hydrogens is 490 g/mol. The lowest BCUT2D eigenvalue weighted by Gasteiger charge is -2.24. The Morgan fingerprint density at radius 2 is 1.54 bits per heavy atom. The first-order valence-electron chi connectivity index (χ1n) is 11.9. The van der Waals surface area contributed by atoms with Gasteiger partial charge in [0.05, 0.1) is 36.0 Å². The Balaban J connectivity index is 2.05. The summed E-state index contributed by atoms with van der Waals surface area (Å²) in [6, 6.07) is 10.2. The largest absolute Gasteiger partial charge is 0.465 e. The molecule has 0 saturated heterocycles. The maximum atomic E-state index is 13.3. The minimum absolute atomic E-state index is 0.0452. The highest BCUT2D eigenvalue weighted by atomic mass is 35.5. The molecule has 1 N–H and O–H groups in total. The fourth-order valence-electron chi connectivity index (χ4n) is 4.17. The van der Waals surface area contributed by atoms with E-state index in [1.165, 1.54) is 12.1 Å². The number of halogens is 1. The Labute approximate surface area is 212 Å². The van der Waals surface area contributed by atoms with Crippen LogP contribution in [0.1, 0.15) is 68.2 Å². The maximum absolute atomic E-state index is 13.3. The van der Waals surface area contributed by atoms with Crippen molar-refractivity contribution in [3.63, 3.8) is 0 Å². The Kier molecular flexibility index (Phi) is 9.33. The second-order valence-electron chi connectivity index (χ2n) is 8.70. The fourth-order valence-corrected chi connectivity index (χ4v) is 5.70. The molecule has 3 atom stereocenters. The summed E-state index contributed by atoms with van der Waals surface area (Å²) < 4.78 is 40.2. The summed E-state index contributed by atoms with van der Waals surface area (Å²) in [5.41, 5.74) is 1.76. The molecule has 1 aliphatic rings. The number of aryl methyl sites for hydroxylation is 1. The zero-order valence-electron chi connectivity index (χ0n) is 20.3. The van der Waals surface area contributed by atoms with E-state index in [9.17, 15) is 18.0 Å². The lowest BCUT2D eigenvalue weighted by atomic mass is 9.91. The predicted molar refractivity (Wildman–Crippen MR) is 134 cm³/mol. The molecule has 2 aromatic rings. The van der Waals surface area contributed by atoms with Gasteiger partial charge in [0.1, 0.15) is 0 Å².